The minimum Gasteiger partial charge on any atom is -0.311 e. The maximum absolute atomic E-state index is 3.80. The van der Waals surface area contributed by atoms with Gasteiger partial charge in [0.25, 0.3) is 0 Å². The molecule has 2 atom stereocenters. The normalized spacial score (nSPS) is 29.4. The molecule has 2 aliphatic rings. The first-order valence-corrected chi connectivity index (χ1v) is 8.34. The predicted molar refractivity (Wildman–Crippen MR) is 74.1 cm³/mol. The highest BCUT2D eigenvalue weighted by Gasteiger charge is 2.18. The van der Waals surface area contributed by atoms with Gasteiger partial charge >= 0.3 is 0 Å². The molecule has 0 aromatic heterocycles. The highest BCUT2D eigenvalue weighted by molar-refractivity contribution is 7.99. The Morgan fingerprint density at radius 2 is 2.00 bits per heavy atom. The van der Waals surface area contributed by atoms with Crippen LogP contribution in [0.2, 0.25) is 0 Å². The molecule has 1 N–H and O–H groups in total. The maximum Gasteiger partial charge on any atom is 0.0168 e. The lowest BCUT2D eigenvalue weighted by atomic mass is 9.85. The monoisotopic (exact) mass is 241 g/mol. The summed E-state index contributed by atoms with van der Waals surface area (Å²) in [7, 11) is 0. The Morgan fingerprint density at radius 3 is 2.69 bits per heavy atom. The van der Waals surface area contributed by atoms with Gasteiger partial charge in [0.05, 0.1) is 0 Å². The molecule has 1 aliphatic heterocycles. The van der Waals surface area contributed by atoms with Gasteiger partial charge in [0, 0.05) is 17.8 Å². The highest BCUT2D eigenvalue weighted by atomic mass is 32.2. The smallest absolute Gasteiger partial charge is 0.0168 e. The first kappa shape index (κ1) is 12.8. The van der Waals surface area contributed by atoms with Crippen molar-refractivity contribution in [3.8, 4) is 0 Å². The van der Waals surface area contributed by atoms with E-state index in [9.17, 15) is 0 Å². The quantitative estimate of drug-likeness (QED) is 0.785. The molecule has 2 fully saturated rings. The second-order valence-electron chi connectivity index (χ2n) is 5.71. The van der Waals surface area contributed by atoms with Crippen molar-refractivity contribution >= 4 is 11.8 Å². The van der Waals surface area contributed by atoms with E-state index in [1.165, 1.54) is 62.9 Å². The topological polar surface area (TPSA) is 12.0 Å². The van der Waals surface area contributed by atoms with Crippen LogP contribution in [0.25, 0.3) is 0 Å². The minimum atomic E-state index is 0.741. The Hall–Kier alpha value is 0.310. The van der Waals surface area contributed by atoms with E-state index >= 15 is 0 Å². The maximum atomic E-state index is 3.80. The van der Waals surface area contributed by atoms with E-state index in [-0.39, 0.29) is 0 Å². The van der Waals surface area contributed by atoms with E-state index in [4.69, 9.17) is 0 Å². The van der Waals surface area contributed by atoms with Gasteiger partial charge in [0.2, 0.25) is 0 Å². The van der Waals surface area contributed by atoms with Gasteiger partial charge in [0.1, 0.15) is 0 Å². The van der Waals surface area contributed by atoms with Gasteiger partial charge in [-0.05, 0) is 37.9 Å². The fraction of sp³-hybridized carbons (Fsp3) is 1.00. The minimum absolute atomic E-state index is 0.741. The highest BCUT2D eigenvalue weighted by Crippen LogP contribution is 2.28. The summed E-state index contributed by atoms with van der Waals surface area (Å²) in [5.41, 5.74) is 0. The Kier molecular flexibility index (Phi) is 5.51. The zero-order valence-electron chi connectivity index (χ0n) is 10.7. The van der Waals surface area contributed by atoms with Crippen molar-refractivity contribution in [3.05, 3.63) is 0 Å². The number of hydrogen-bond acceptors (Lipinski definition) is 2. The Bertz CT molecular complexity index is 183. The summed E-state index contributed by atoms with van der Waals surface area (Å²) < 4.78 is 0. The second-order valence-corrected chi connectivity index (χ2v) is 6.86. The van der Waals surface area contributed by atoms with Gasteiger partial charge in [-0.2, -0.15) is 11.8 Å². The Balaban J connectivity index is 1.57. The van der Waals surface area contributed by atoms with Crippen LogP contribution in [0.5, 0.6) is 0 Å². The van der Waals surface area contributed by atoms with E-state index in [1.807, 2.05) is 0 Å². The molecular weight excluding hydrogens is 214 g/mol. The van der Waals surface area contributed by atoms with Crippen molar-refractivity contribution in [2.24, 2.45) is 5.92 Å². The third-order valence-electron chi connectivity index (χ3n) is 4.18. The van der Waals surface area contributed by atoms with E-state index in [0.717, 1.165) is 18.0 Å². The van der Waals surface area contributed by atoms with Gasteiger partial charge in [0.15, 0.2) is 0 Å². The van der Waals surface area contributed by atoms with Gasteiger partial charge in [-0.15, -0.1) is 0 Å². The van der Waals surface area contributed by atoms with Crippen LogP contribution >= 0.6 is 11.8 Å². The summed E-state index contributed by atoms with van der Waals surface area (Å²) in [6, 6.07) is 1.55. The first-order chi connectivity index (χ1) is 7.84. The summed E-state index contributed by atoms with van der Waals surface area (Å²) in [5, 5.41) is 3.80. The van der Waals surface area contributed by atoms with Crippen LogP contribution in [-0.4, -0.2) is 23.6 Å². The van der Waals surface area contributed by atoms with E-state index in [2.05, 4.69) is 24.0 Å². The van der Waals surface area contributed by atoms with Crippen molar-refractivity contribution in [2.75, 3.05) is 11.5 Å². The van der Waals surface area contributed by atoms with Crippen molar-refractivity contribution < 1.29 is 0 Å². The lowest BCUT2D eigenvalue weighted by Crippen LogP contribution is -2.36. The van der Waals surface area contributed by atoms with Crippen molar-refractivity contribution in [1.29, 1.82) is 0 Å². The number of hydrogen-bond donors (Lipinski definition) is 1. The van der Waals surface area contributed by atoms with Crippen LogP contribution in [0.15, 0.2) is 0 Å². The molecule has 0 spiro atoms. The zero-order valence-corrected chi connectivity index (χ0v) is 11.5. The largest absolute Gasteiger partial charge is 0.311 e. The average molecular weight is 241 g/mol. The number of nitrogens with one attached hydrogen (secondary N) is 1. The fourth-order valence-electron chi connectivity index (χ4n) is 3.11. The molecule has 1 nitrogen and oxygen atoms in total. The molecule has 94 valence electrons. The molecule has 0 aromatic carbocycles. The third kappa shape index (κ3) is 4.29. The molecule has 2 rings (SSSR count). The number of rotatable bonds is 5. The summed E-state index contributed by atoms with van der Waals surface area (Å²) in [4.78, 5) is 0. The second kappa shape index (κ2) is 6.90. The Labute approximate surface area is 105 Å². The summed E-state index contributed by atoms with van der Waals surface area (Å²) >= 11 is 2.11. The average Bonchev–Trinajstić information content (AvgIpc) is 2.81. The van der Waals surface area contributed by atoms with Crippen LogP contribution in [-0.2, 0) is 0 Å². The molecule has 0 amide bonds. The van der Waals surface area contributed by atoms with Crippen molar-refractivity contribution in [1.82, 2.24) is 5.32 Å². The summed E-state index contributed by atoms with van der Waals surface area (Å²) in [6.07, 6.45) is 11.7. The van der Waals surface area contributed by atoms with Gasteiger partial charge in [-0.3, -0.25) is 0 Å². The molecule has 1 heterocycles. The zero-order chi connectivity index (χ0) is 11.2. The van der Waals surface area contributed by atoms with E-state index < -0.39 is 0 Å². The molecule has 0 radical (unpaired) electrons. The molecule has 16 heavy (non-hydrogen) atoms. The third-order valence-corrected chi connectivity index (χ3v) is 5.35. The van der Waals surface area contributed by atoms with Crippen LogP contribution in [0, 0.1) is 5.92 Å². The Morgan fingerprint density at radius 1 is 1.19 bits per heavy atom. The first-order valence-electron chi connectivity index (χ1n) is 7.18. The molecule has 1 saturated heterocycles. The predicted octanol–water partition coefficient (Wildman–Crippen LogP) is 3.83. The van der Waals surface area contributed by atoms with Gasteiger partial charge in [-0.1, -0.05) is 32.1 Å². The van der Waals surface area contributed by atoms with Crippen molar-refractivity contribution in [3.63, 3.8) is 0 Å². The lowest BCUT2D eigenvalue weighted by Gasteiger charge is -2.24. The summed E-state index contributed by atoms with van der Waals surface area (Å²) in [5.74, 6) is 3.76. The molecule has 0 bridgehead atoms. The standard InChI is InChI=1S/C14H27NS/c1-12(15-14-9-10-16-11-14)7-8-13-5-3-2-4-6-13/h12-15H,2-11H2,1H3. The molecule has 1 aliphatic carbocycles. The number of thioether (sulfide) groups is 1. The van der Waals surface area contributed by atoms with Crippen LogP contribution in [0.1, 0.15) is 58.3 Å². The molecule has 0 aromatic rings. The molecule has 2 unspecified atom stereocenters. The van der Waals surface area contributed by atoms with Gasteiger partial charge in [-0.25, -0.2) is 0 Å². The van der Waals surface area contributed by atoms with E-state index in [1.54, 1.807) is 0 Å². The fourth-order valence-corrected chi connectivity index (χ4v) is 4.28. The van der Waals surface area contributed by atoms with Gasteiger partial charge < -0.3 is 5.32 Å². The molecular formula is C14H27NS. The molecule has 1 saturated carbocycles. The lowest BCUT2D eigenvalue weighted by molar-refractivity contribution is 0.312. The van der Waals surface area contributed by atoms with Crippen LogP contribution in [0.3, 0.4) is 0 Å². The van der Waals surface area contributed by atoms with Crippen LogP contribution in [0.4, 0.5) is 0 Å². The summed E-state index contributed by atoms with van der Waals surface area (Å²) in [6.45, 7) is 2.38. The van der Waals surface area contributed by atoms with Crippen molar-refractivity contribution in [2.45, 2.75) is 70.4 Å². The van der Waals surface area contributed by atoms with E-state index in [0.29, 0.717) is 0 Å². The van der Waals surface area contributed by atoms with Crippen LogP contribution < -0.4 is 5.32 Å². The SMILES string of the molecule is CC(CCC1CCCCC1)NC1CCSC1. The molecule has 2 heteroatoms.